The van der Waals surface area contributed by atoms with Gasteiger partial charge in [0.1, 0.15) is 0 Å². The lowest BCUT2D eigenvalue weighted by molar-refractivity contribution is 0.462. The van der Waals surface area contributed by atoms with Crippen LogP contribution in [-0.2, 0) is 6.42 Å². The zero-order valence-corrected chi connectivity index (χ0v) is 12.1. The summed E-state index contributed by atoms with van der Waals surface area (Å²) in [5.41, 5.74) is 4.28. The van der Waals surface area contributed by atoms with E-state index in [0.717, 1.165) is 12.5 Å². The maximum absolute atomic E-state index is 3.65. The van der Waals surface area contributed by atoms with Crippen LogP contribution in [0.2, 0.25) is 0 Å². The zero-order chi connectivity index (χ0) is 13.0. The van der Waals surface area contributed by atoms with Gasteiger partial charge in [-0.15, -0.1) is 0 Å². The van der Waals surface area contributed by atoms with Crippen molar-refractivity contribution < 1.29 is 0 Å². The molecule has 1 aromatic carbocycles. The van der Waals surface area contributed by atoms with Gasteiger partial charge in [-0.3, -0.25) is 0 Å². The first kappa shape index (κ1) is 13.6. The monoisotopic (exact) mass is 245 g/mol. The van der Waals surface area contributed by atoms with Crippen LogP contribution in [0.25, 0.3) is 0 Å². The van der Waals surface area contributed by atoms with Gasteiger partial charge >= 0.3 is 0 Å². The molecule has 1 atom stereocenters. The molecule has 1 heteroatoms. The fraction of sp³-hybridized carbons (Fsp3) is 0.647. The highest BCUT2D eigenvalue weighted by atomic mass is 14.9. The third-order valence-corrected chi connectivity index (χ3v) is 3.88. The second kappa shape index (κ2) is 6.38. The molecular formula is C17H27N. The Morgan fingerprint density at radius 1 is 1.17 bits per heavy atom. The third kappa shape index (κ3) is 4.45. The number of hydrogen-bond acceptors (Lipinski definition) is 1. The van der Waals surface area contributed by atoms with Crippen LogP contribution in [0.15, 0.2) is 18.2 Å². The molecule has 1 aliphatic rings. The van der Waals surface area contributed by atoms with E-state index in [1.807, 2.05) is 0 Å². The number of hydrogen-bond donors (Lipinski definition) is 1. The molecule has 1 aliphatic carbocycles. The normalized spacial score (nSPS) is 16.8. The molecule has 1 saturated carbocycles. The molecule has 0 amide bonds. The van der Waals surface area contributed by atoms with Crippen LogP contribution in [0.1, 0.15) is 49.3 Å². The highest BCUT2D eigenvalue weighted by Crippen LogP contribution is 2.34. The summed E-state index contributed by atoms with van der Waals surface area (Å²) in [5.74, 6) is 1.05. The number of rotatable bonds is 7. The van der Waals surface area contributed by atoms with Crippen molar-refractivity contribution in [2.75, 3.05) is 6.54 Å². The molecule has 0 aromatic heterocycles. The second-order valence-electron chi connectivity index (χ2n) is 5.98. The van der Waals surface area contributed by atoms with Gasteiger partial charge in [-0.2, -0.15) is 0 Å². The fourth-order valence-electron chi connectivity index (χ4n) is 2.88. The maximum atomic E-state index is 3.65. The van der Waals surface area contributed by atoms with Crippen molar-refractivity contribution in [3.8, 4) is 0 Å². The molecule has 1 nitrogen and oxygen atoms in total. The van der Waals surface area contributed by atoms with E-state index < -0.39 is 0 Å². The van der Waals surface area contributed by atoms with Crippen molar-refractivity contribution in [3.05, 3.63) is 34.9 Å². The van der Waals surface area contributed by atoms with Gasteiger partial charge in [0, 0.05) is 6.04 Å². The average Bonchev–Trinajstić information content (AvgIpc) is 3.08. The van der Waals surface area contributed by atoms with Crippen LogP contribution in [-0.4, -0.2) is 12.6 Å². The zero-order valence-electron chi connectivity index (χ0n) is 12.1. The Balaban J connectivity index is 1.92. The molecule has 0 saturated heterocycles. The SMILES string of the molecule is CCNC(CCC1CC1)Cc1cc(C)cc(C)c1. The summed E-state index contributed by atoms with van der Waals surface area (Å²) in [5, 5.41) is 3.65. The van der Waals surface area contributed by atoms with Gasteiger partial charge in [0.25, 0.3) is 0 Å². The lowest BCUT2D eigenvalue weighted by atomic mass is 9.97. The van der Waals surface area contributed by atoms with Crippen molar-refractivity contribution >= 4 is 0 Å². The average molecular weight is 245 g/mol. The fourth-order valence-corrected chi connectivity index (χ4v) is 2.88. The Kier molecular flexibility index (Phi) is 4.82. The summed E-state index contributed by atoms with van der Waals surface area (Å²) in [4.78, 5) is 0. The summed E-state index contributed by atoms with van der Waals surface area (Å²) in [6.45, 7) is 7.69. The van der Waals surface area contributed by atoms with Crippen molar-refractivity contribution in [1.29, 1.82) is 0 Å². The smallest absolute Gasteiger partial charge is 0.0107 e. The van der Waals surface area contributed by atoms with E-state index in [2.05, 4.69) is 44.3 Å². The first-order chi connectivity index (χ1) is 8.67. The Labute approximate surface area is 112 Å². The summed E-state index contributed by atoms with van der Waals surface area (Å²) >= 11 is 0. The topological polar surface area (TPSA) is 12.0 Å². The lowest BCUT2D eigenvalue weighted by Gasteiger charge is -2.18. The molecule has 1 aromatic rings. The quantitative estimate of drug-likeness (QED) is 0.765. The van der Waals surface area contributed by atoms with Gasteiger partial charge < -0.3 is 5.32 Å². The van der Waals surface area contributed by atoms with Crippen molar-refractivity contribution in [3.63, 3.8) is 0 Å². The predicted molar refractivity (Wildman–Crippen MR) is 79.0 cm³/mol. The van der Waals surface area contributed by atoms with Gasteiger partial charge in [0.2, 0.25) is 0 Å². The summed E-state index contributed by atoms with van der Waals surface area (Å²) < 4.78 is 0. The minimum Gasteiger partial charge on any atom is -0.314 e. The third-order valence-electron chi connectivity index (χ3n) is 3.88. The Hall–Kier alpha value is -0.820. The van der Waals surface area contributed by atoms with Crippen molar-refractivity contribution in [2.45, 2.75) is 58.9 Å². The molecular weight excluding hydrogens is 218 g/mol. The molecule has 0 aliphatic heterocycles. The van der Waals surface area contributed by atoms with E-state index in [0.29, 0.717) is 6.04 Å². The molecule has 18 heavy (non-hydrogen) atoms. The molecule has 0 heterocycles. The van der Waals surface area contributed by atoms with Crippen LogP contribution >= 0.6 is 0 Å². The minimum absolute atomic E-state index is 0.664. The molecule has 2 rings (SSSR count). The van der Waals surface area contributed by atoms with Crippen molar-refractivity contribution in [2.24, 2.45) is 5.92 Å². The van der Waals surface area contributed by atoms with Crippen LogP contribution in [0.4, 0.5) is 0 Å². The number of nitrogens with one attached hydrogen (secondary N) is 1. The highest BCUT2D eigenvalue weighted by molar-refractivity contribution is 5.29. The molecule has 1 fully saturated rings. The first-order valence-corrected chi connectivity index (χ1v) is 7.48. The molecule has 0 spiro atoms. The number of likely N-dealkylation sites (N-methyl/N-ethyl adjacent to an activating group) is 1. The molecule has 0 bridgehead atoms. The van der Waals surface area contributed by atoms with Crippen LogP contribution < -0.4 is 5.32 Å². The molecule has 1 N–H and O–H groups in total. The standard InChI is InChI=1S/C17H27N/c1-4-18-17(8-7-15-5-6-15)12-16-10-13(2)9-14(3)11-16/h9-11,15,17-18H,4-8,12H2,1-3H3. The van der Waals surface area contributed by atoms with Gasteiger partial charge in [0.05, 0.1) is 0 Å². The minimum atomic E-state index is 0.664. The molecule has 1 unspecified atom stereocenters. The highest BCUT2D eigenvalue weighted by Gasteiger charge is 2.22. The predicted octanol–water partition coefficient (Wildman–Crippen LogP) is 4.01. The van der Waals surface area contributed by atoms with Gasteiger partial charge in [-0.1, -0.05) is 49.1 Å². The van der Waals surface area contributed by atoms with E-state index in [-0.39, 0.29) is 0 Å². The first-order valence-electron chi connectivity index (χ1n) is 7.48. The largest absolute Gasteiger partial charge is 0.314 e. The van der Waals surface area contributed by atoms with E-state index in [4.69, 9.17) is 0 Å². The van der Waals surface area contributed by atoms with E-state index in [1.165, 1.54) is 48.8 Å². The summed E-state index contributed by atoms with van der Waals surface area (Å²) in [6.07, 6.45) is 6.89. The van der Waals surface area contributed by atoms with Crippen LogP contribution in [0, 0.1) is 19.8 Å². The number of aryl methyl sites for hydroxylation is 2. The van der Waals surface area contributed by atoms with E-state index in [9.17, 15) is 0 Å². The maximum Gasteiger partial charge on any atom is 0.0107 e. The Morgan fingerprint density at radius 3 is 2.39 bits per heavy atom. The molecule has 100 valence electrons. The number of benzene rings is 1. The van der Waals surface area contributed by atoms with Crippen LogP contribution in [0.3, 0.4) is 0 Å². The van der Waals surface area contributed by atoms with E-state index >= 15 is 0 Å². The summed E-state index contributed by atoms with van der Waals surface area (Å²) in [6, 6.07) is 7.61. The van der Waals surface area contributed by atoms with Gasteiger partial charge in [-0.25, -0.2) is 0 Å². The van der Waals surface area contributed by atoms with Crippen molar-refractivity contribution in [1.82, 2.24) is 5.32 Å². The Bertz CT molecular complexity index is 359. The summed E-state index contributed by atoms with van der Waals surface area (Å²) in [7, 11) is 0. The second-order valence-corrected chi connectivity index (χ2v) is 5.98. The van der Waals surface area contributed by atoms with Gasteiger partial charge in [-0.05, 0) is 51.1 Å². The lowest BCUT2D eigenvalue weighted by Crippen LogP contribution is -2.31. The van der Waals surface area contributed by atoms with Crippen LogP contribution in [0.5, 0.6) is 0 Å². The Morgan fingerprint density at radius 2 is 1.83 bits per heavy atom. The van der Waals surface area contributed by atoms with E-state index in [1.54, 1.807) is 0 Å². The van der Waals surface area contributed by atoms with Gasteiger partial charge in [0.15, 0.2) is 0 Å². The molecule has 0 radical (unpaired) electrons.